The number of amides is 1. The quantitative estimate of drug-likeness (QED) is 0.828. The number of rotatable bonds is 2. The van der Waals surface area contributed by atoms with Crippen molar-refractivity contribution < 1.29 is 9.53 Å². The number of carbonyl (C=O) groups excluding carboxylic acids is 1. The van der Waals surface area contributed by atoms with Gasteiger partial charge < -0.3 is 15.0 Å². The summed E-state index contributed by atoms with van der Waals surface area (Å²) in [4.78, 5) is 14.3. The molecular weight excluding hydrogens is 288 g/mol. The Morgan fingerprint density at radius 1 is 1.13 bits per heavy atom. The van der Waals surface area contributed by atoms with Crippen LogP contribution in [0.4, 0.5) is 4.79 Å². The Labute approximate surface area is 142 Å². The van der Waals surface area contributed by atoms with Gasteiger partial charge in [-0.15, -0.1) is 0 Å². The lowest BCUT2D eigenvalue weighted by atomic mass is 9.79. The second-order valence-electron chi connectivity index (χ2n) is 8.79. The van der Waals surface area contributed by atoms with Crippen LogP contribution in [-0.2, 0) is 4.74 Å². The zero-order valence-electron chi connectivity index (χ0n) is 15.7. The molecule has 0 bridgehead atoms. The molecule has 1 heterocycles. The van der Waals surface area contributed by atoms with Gasteiger partial charge in [0.05, 0.1) is 0 Å². The normalized spacial score (nSPS) is 33.2. The van der Waals surface area contributed by atoms with Crippen LogP contribution in [0.2, 0.25) is 0 Å². The van der Waals surface area contributed by atoms with Crippen LogP contribution < -0.4 is 5.32 Å². The first-order valence-corrected chi connectivity index (χ1v) is 9.48. The van der Waals surface area contributed by atoms with E-state index in [4.69, 9.17) is 4.74 Å². The zero-order valence-corrected chi connectivity index (χ0v) is 15.7. The van der Waals surface area contributed by atoms with Crippen LogP contribution in [-0.4, -0.2) is 41.8 Å². The number of hydrogen-bond donors (Lipinski definition) is 1. The van der Waals surface area contributed by atoms with E-state index in [2.05, 4.69) is 19.2 Å². The van der Waals surface area contributed by atoms with E-state index >= 15 is 0 Å². The molecule has 1 N–H and O–H groups in total. The van der Waals surface area contributed by atoms with Crippen molar-refractivity contribution >= 4 is 6.09 Å². The standard InChI is InChI=1S/C19H36N2O2/c1-14-9-10-15(2)17(12-14)20-16-8-6-7-11-21(13-16)18(22)23-19(3,4)5/h14-17,20H,6-13H2,1-5H3. The minimum Gasteiger partial charge on any atom is -0.444 e. The van der Waals surface area contributed by atoms with Crippen molar-refractivity contribution in [3.05, 3.63) is 0 Å². The molecule has 4 unspecified atom stereocenters. The summed E-state index contributed by atoms with van der Waals surface area (Å²) in [6, 6.07) is 1.00. The number of hydrogen-bond acceptors (Lipinski definition) is 3. The highest BCUT2D eigenvalue weighted by Gasteiger charge is 2.30. The molecule has 2 fully saturated rings. The molecule has 4 nitrogen and oxygen atoms in total. The van der Waals surface area contributed by atoms with Crippen molar-refractivity contribution in [1.82, 2.24) is 10.2 Å². The fourth-order valence-electron chi connectivity index (χ4n) is 3.84. The monoisotopic (exact) mass is 324 g/mol. The highest BCUT2D eigenvalue weighted by atomic mass is 16.6. The van der Waals surface area contributed by atoms with Crippen molar-refractivity contribution in [2.24, 2.45) is 11.8 Å². The van der Waals surface area contributed by atoms with Crippen molar-refractivity contribution in [3.63, 3.8) is 0 Å². The lowest BCUT2D eigenvalue weighted by molar-refractivity contribution is 0.0238. The minimum atomic E-state index is -0.417. The summed E-state index contributed by atoms with van der Waals surface area (Å²) in [7, 11) is 0. The fraction of sp³-hybridized carbons (Fsp3) is 0.947. The van der Waals surface area contributed by atoms with Crippen LogP contribution in [0, 0.1) is 11.8 Å². The summed E-state index contributed by atoms with van der Waals surface area (Å²) in [6.07, 6.45) is 7.22. The average Bonchev–Trinajstić information content (AvgIpc) is 2.67. The number of carbonyl (C=O) groups is 1. The van der Waals surface area contributed by atoms with Crippen LogP contribution in [0.15, 0.2) is 0 Å². The number of nitrogens with one attached hydrogen (secondary N) is 1. The lowest BCUT2D eigenvalue weighted by Crippen LogP contribution is -2.50. The number of ether oxygens (including phenoxy) is 1. The van der Waals surface area contributed by atoms with Gasteiger partial charge in [-0.1, -0.05) is 26.7 Å². The first kappa shape index (κ1) is 18.6. The van der Waals surface area contributed by atoms with Gasteiger partial charge in [0.25, 0.3) is 0 Å². The molecule has 4 atom stereocenters. The van der Waals surface area contributed by atoms with E-state index in [1.807, 2.05) is 25.7 Å². The summed E-state index contributed by atoms with van der Waals surface area (Å²) in [5.41, 5.74) is -0.417. The maximum atomic E-state index is 12.4. The zero-order chi connectivity index (χ0) is 17.0. The van der Waals surface area contributed by atoms with Crippen LogP contribution >= 0.6 is 0 Å². The SMILES string of the molecule is CC1CCC(C)C(NC2CCCCN(C(=O)OC(C)(C)C)C2)C1. The number of likely N-dealkylation sites (tertiary alicyclic amines) is 1. The van der Waals surface area contributed by atoms with Gasteiger partial charge in [-0.3, -0.25) is 0 Å². The summed E-state index contributed by atoms with van der Waals surface area (Å²) >= 11 is 0. The highest BCUT2D eigenvalue weighted by Crippen LogP contribution is 2.29. The minimum absolute atomic E-state index is 0.156. The van der Waals surface area contributed by atoms with E-state index in [1.54, 1.807) is 0 Å². The highest BCUT2D eigenvalue weighted by molar-refractivity contribution is 5.68. The van der Waals surface area contributed by atoms with E-state index < -0.39 is 5.60 Å². The van der Waals surface area contributed by atoms with Crippen molar-refractivity contribution in [3.8, 4) is 0 Å². The Bertz CT molecular complexity index is 391. The van der Waals surface area contributed by atoms with Crippen LogP contribution in [0.5, 0.6) is 0 Å². The lowest BCUT2D eigenvalue weighted by Gasteiger charge is -2.37. The Morgan fingerprint density at radius 3 is 2.57 bits per heavy atom. The molecule has 1 saturated heterocycles. The molecule has 1 aliphatic heterocycles. The molecule has 23 heavy (non-hydrogen) atoms. The van der Waals surface area contributed by atoms with Gasteiger partial charge in [0.2, 0.25) is 0 Å². The molecule has 0 aromatic rings. The second-order valence-corrected chi connectivity index (χ2v) is 8.79. The van der Waals surface area contributed by atoms with Gasteiger partial charge in [-0.05, 0) is 58.3 Å². The fourth-order valence-corrected chi connectivity index (χ4v) is 3.84. The Hall–Kier alpha value is -0.770. The largest absolute Gasteiger partial charge is 0.444 e. The molecule has 1 saturated carbocycles. The first-order valence-electron chi connectivity index (χ1n) is 9.48. The van der Waals surface area contributed by atoms with Crippen molar-refractivity contribution in [2.75, 3.05) is 13.1 Å². The van der Waals surface area contributed by atoms with Gasteiger partial charge in [0, 0.05) is 25.2 Å². The Morgan fingerprint density at radius 2 is 1.87 bits per heavy atom. The van der Waals surface area contributed by atoms with Gasteiger partial charge >= 0.3 is 6.09 Å². The van der Waals surface area contributed by atoms with Crippen molar-refractivity contribution in [2.45, 2.75) is 90.8 Å². The van der Waals surface area contributed by atoms with E-state index in [-0.39, 0.29) is 6.09 Å². The molecule has 0 aromatic heterocycles. The Balaban J connectivity index is 1.92. The second kappa shape index (κ2) is 7.87. The summed E-state index contributed by atoms with van der Waals surface area (Å²) in [6.45, 7) is 12.1. The molecule has 2 rings (SSSR count). The van der Waals surface area contributed by atoms with Gasteiger partial charge in [0.1, 0.15) is 5.60 Å². The number of nitrogens with zero attached hydrogens (tertiary/aromatic N) is 1. The molecule has 134 valence electrons. The average molecular weight is 325 g/mol. The molecule has 0 radical (unpaired) electrons. The third-order valence-electron chi connectivity index (χ3n) is 5.23. The first-order chi connectivity index (χ1) is 10.7. The van der Waals surface area contributed by atoms with Crippen LogP contribution in [0.25, 0.3) is 0 Å². The van der Waals surface area contributed by atoms with E-state index in [0.29, 0.717) is 12.1 Å². The predicted octanol–water partition coefficient (Wildman–Crippen LogP) is 4.19. The van der Waals surface area contributed by atoms with E-state index in [1.165, 1.54) is 25.7 Å². The van der Waals surface area contributed by atoms with Gasteiger partial charge in [-0.2, -0.15) is 0 Å². The maximum Gasteiger partial charge on any atom is 0.410 e. The predicted molar refractivity (Wildman–Crippen MR) is 94.5 cm³/mol. The summed E-state index contributed by atoms with van der Waals surface area (Å²) in [5.74, 6) is 1.56. The summed E-state index contributed by atoms with van der Waals surface area (Å²) in [5, 5.41) is 3.88. The van der Waals surface area contributed by atoms with Crippen molar-refractivity contribution in [1.29, 1.82) is 0 Å². The van der Waals surface area contributed by atoms with Crippen LogP contribution in [0.1, 0.15) is 73.1 Å². The molecule has 0 spiro atoms. The molecule has 4 heteroatoms. The van der Waals surface area contributed by atoms with Crippen LogP contribution in [0.3, 0.4) is 0 Å². The summed E-state index contributed by atoms with van der Waals surface area (Å²) < 4.78 is 5.57. The van der Waals surface area contributed by atoms with E-state index in [0.717, 1.165) is 37.8 Å². The molecule has 2 aliphatic rings. The maximum absolute atomic E-state index is 12.4. The van der Waals surface area contributed by atoms with E-state index in [9.17, 15) is 4.79 Å². The molecular formula is C19H36N2O2. The molecule has 0 aromatic carbocycles. The van der Waals surface area contributed by atoms with Gasteiger partial charge in [0.15, 0.2) is 0 Å². The van der Waals surface area contributed by atoms with Gasteiger partial charge in [-0.25, -0.2) is 4.79 Å². The third-order valence-corrected chi connectivity index (χ3v) is 5.23. The Kier molecular flexibility index (Phi) is 6.35. The molecule has 1 aliphatic carbocycles. The molecule has 1 amide bonds. The smallest absolute Gasteiger partial charge is 0.410 e. The third kappa shape index (κ3) is 5.98. The topological polar surface area (TPSA) is 41.6 Å².